The molecular weight excluding hydrogens is 472 g/mol. The minimum Gasteiger partial charge on any atom is -0.494 e. The van der Waals surface area contributed by atoms with Crippen LogP contribution in [0.25, 0.3) is 6.08 Å². The number of fused-ring (bicyclic) bond motifs is 1. The van der Waals surface area contributed by atoms with E-state index in [9.17, 15) is 14.9 Å². The van der Waals surface area contributed by atoms with Crippen LogP contribution in [0.5, 0.6) is 5.75 Å². The Bertz CT molecular complexity index is 1100. The Hall–Kier alpha value is -3.11. The highest BCUT2D eigenvalue weighted by molar-refractivity contribution is 7.17. The van der Waals surface area contributed by atoms with Gasteiger partial charge in [-0.1, -0.05) is 51.2 Å². The summed E-state index contributed by atoms with van der Waals surface area (Å²) in [4.78, 5) is 26.7. The highest BCUT2D eigenvalue weighted by Crippen LogP contribution is 2.38. The summed E-state index contributed by atoms with van der Waals surface area (Å²) in [5.41, 5.74) is 2.11. The minimum atomic E-state index is -0.537. The average Bonchev–Trinajstić information content (AvgIpc) is 3.25. The highest BCUT2D eigenvalue weighted by atomic mass is 32.1. The van der Waals surface area contributed by atoms with Crippen LogP contribution >= 0.6 is 11.3 Å². The third kappa shape index (κ3) is 7.69. The van der Waals surface area contributed by atoms with Crippen molar-refractivity contribution in [2.75, 3.05) is 18.5 Å². The minimum absolute atomic E-state index is 0.0306. The second-order valence-electron chi connectivity index (χ2n) is 8.94. The lowest BCUT2D eigenvalue weighted by atomic mass is 9.95. The number of amides is 1. The van der Waals surface area contributed by atoms with Gasteiger partial charge in [0.05, 0.1) is 18.8 Å². The molecule has 0 saturated heterocycles. The van der Waals surface area contributed by atoms with Crippen LogP contribution < -0.4 is 10.1 Å². The first kappa shape index (κ1) is 27.5. The Morgan fingerprint density at radius 3 is 2.50 bits per heavy atom. The fourth-order valence-electron chi connectivity index (χ4n) is 4.29. The summed E-state index contributed by atoms with van der Waals surface area (Å²) in [5.74, 6) is -0.191. The Balaban J connectivity index is 1.63. The lowest BCUT2D eigenvalue weighted by Gasteiger charge is -2.12. The number of esters is 1. The molecule has 1 aliphatic rings. The number of nitrogens with one attached hydrogen (secondary N) is 1. The number of hydrogen-bond acceptors (Lipinski definition) is 6. The quantitative estimate of drug-likeness (QED) is 0.135. The molecule has 0 radical (unpaired) electrons. The Labute approximate surface area is 218 Å². The van der Waals surface area contributed by atoms with Crippen LogP contribution in [0.3, 0.4) is 0 Å². The summed E-state index contributed by atoms with van der Waals surface area (Å²) in [6.45, 7) is 4.92. The predicted octanol–water partition coefficient (Wildman–Crippen LogP) is 7.09. The molecule has 0 spiro atoms. The van der Waals surface area contributed by atoms with Gasteiger partial charge in [-0.05, 0) is 68.4 Å². The van der Waals surface area contributed by atoms with E-state index in [1.54, 1.807) is 13.0 Å². The lowest BCUT2D eigenvalue weighted by Crippen LogP contribution is -2.16. The van der Waals surface area contributed by atoms with Crippen LogP contribution in [0.4, 0.5) is 5.00 Å². The van der Waals surface area contributed by atoms with Crippen LogP contribution in [0.15, 0.2) is 29.8 Å². The van der Waals surface area contributed by atoms with E-state index in [-0.39, 0.29) is 12.2 Å². The number of nitrogens with zero attached hydrogens (tertiary/aromatic N) is 1. The number of anilines is 1. The molecule has 1 heterocycles. The molecule has 6 nitrogen and oxygen atoms in total. The van der Waals surface area contributed by atoms with Crippen molar-refractivity contribution in [3.63, 3.8) is 0 Å². The van der Waals surface area contributed by atoms with Crippen LogP contribution in [0.2, 0.25) is 0 Å². The summed E-state index contributed by atoms with van der Waals surface area (Å²) in [6.07, 6.45) is 12.6. The summed E-state index contributed by atoms with van der Waals surface area (Å²) in [5, 5.41) is 12.9. The van der Waals surface area contributed by atoms with Crippen molar-refractivity contribution >= 4 is 34.3 Å². The first-order chi connectivity index (χ1) is 17.6. The van der Waals surface area contributed by atoms with E-state index in [0.29, 0.717) is 17.2 Å². The van der Waals surface area contributed by atoms with Gasteiger partial charge in [-0.3, -0.25) is 4.79 Å². The SMILES string of the molecule is CCCCCCCCOc1ccc(/C=C(\C#N)C(=O)Nc2sc3c(c2C(=O)OCC)CCCC3)cc1. The van der Waals surface area contributed by atoms with Crippen molar-refractivity contribution in [1.29, 1.82) is 5.26 Å². The molecule has 1 aromatic carbocycles. The van der Waals surface area contributed by atoms with Crippen molar-refractivity contribution in [1.82, 2.24) is 0 Å². The number of ether oxygens (including phenoxy) is 2. The standard InChI is InChI=1S/C29H36N2O4S/c1-3-5-6-7-8-11-18-35-23-16-14-21(15-17-23)19-22(20-30)27(32)31-28-26(29(33)34-4-2)24-12-9-10-13-25(24)36-28/h14-17,19H,3-13,18H2,1-2H3,(H,31,32)/b22-19+. The number of thiophene rings is 1. The fraction of sp³-hybridized carbons (Fsp3) is 0.483. The number of aryl methyl sites for hydroxylation is 1. The van der Waals surface area contributed by atoms with Gasteiger partial charge in [0.25, 0.3) is 5.91 Å². The zero-order valence-corrected chi connectivity index (χ0v) is 22.2. The first-order valence-electron chi connectivity index (χ1n) is 13.0. The molecule has 0 bridgehead atoms. The summed E-state index contributed by atoms with van der Waals surface area (Å²) >= 11 is 1.41. The van der Waals surface area contributed by atoms with Crippen molar-refractivity contribution in [3.8, 4) is 11.8 Å². The van der Waals surface area contributed by atoms with E-state index < -0.39 is 11.9 Å². The third-order valence-corrected chi connectivity index (χ3v) is 7.41. The molecule has 0 aliphatic heterocycles. The number of benzene rings is 1. The van der Waals surface area contributed by atoms with Crippen LogP contribution in [0.1, 0.15) is 91.6 Å². The molecule has 36 heavy (non-hydrogen) atoms. The number of carbonyl (C=O) groups is 2. The monoisotopic (exact) mass is 508 g/mol. The number of unbranched alkanes of at least 4 members (excludes halogenated alkanes) is 5. The Morgan fingerprint density at radius 1 is 1.06 bits per heavy atom. The molecular formula is C29H36N2O4S. The zero-order valence-electron chi connectivity index (χ0n) is 21.4. The van der Waals surface area contributed by atoms with Crippen LogP contribution in [0, 0.1) is 11.3 Å². The number of nitriles is 1. The van der Waals surface area contributed by atoms with E-state index in [1.807, 2.05) is 30.3 Å². The topological polar surface area (TPSA) is 88.4 Å². The number of rotatable bonds is 13. The molecule has 0 atom stereocenters. The Morgan fingerprint density at radius 2 is 1.78 bits per heavy atom. The van der Waals surface area contributed by atoms with Gasteiger partial charge in [-0.25, -0.2) is 4.79 Å². The largest absolute Gasteiger partial charge is 0.494 e. The van der Waals surface area contributed by atoms with Gasteiger partial charge in [0.1, 0.15) is 22.4 Å². The van der Waals surface area contributed by atoms with Crippen molar-refractivity contribution in [3.05, 3.63) is 51.4 Å². The first-order valence-corrected chi connectivity index (χ1v) is 13.9. The summed E-state index contributed by atoms with van der Waals surface area (Å²) in [6, 6.07) is 9.35. The molecule has 3 rings (SSSR count). The highest BCUT2D eigenvalue weighted by Gasteiger charge is 2.27. The van der Waals surface area contributed by atoms with E-state index >= 15 is 0 Å². The van der Waals surface area contributed by atoms with E-state index in [2.05, 4.69) is 12.2 Å². The van der Waals surface area contributed by atoms with Crippen LogP contribution in [-0.2, 0) is 22.4 Å². The van der Waals surface area contributed by atoms with Gasteiger partial charge in [-0.15, -0.1) is 11.3 Å². The molecule has 2 aromatic rings. The van der Waals surface area contributed by atoms with Crippen molar-refractivity contribution < 1.29 is 19.1 Å². The van der Waals surface area contributed by atoms with Gasteiger partial charge in [0.15, 0.2) is 0 Å². The maximum absolute atomic E-state index is 13.0. The molecule has 1 N–H and O–H groups in total. The van der Waals surface area contributed by atoms with Crippen molar-refractivity contribution in [2.45, 2.75) is 78.1 Å². The van der Waals surface area contributed by atoms with Gasteiger partial charge in [0.2, 0.25) is 0 Å². The molecule has 1 aliphatic carbocycles. The maximum Gasteiger partial charge on any atom is 0.341 e. The number of carbonyl (C=O) groups excluding carboxylic acids is 2. The molecule has 192 valence electrons. The maximum atomic E-state index is 13.0. The van der Waals surface area contributed by atoms with Crippen molar-refractivity contribution in [2.24, 2.45) is 0 Å². The van der Waals surface area contributed by atoms with E-state index in [4.69, 9.17) is 9.47 Å². The van der Waals surface area contributed by atoms with E-state index in [1.165, 1.54) is 43.4 Å². The normalized spacial score (nSPS) is 13.0. The zero-order chi connectivity index (χ0) is 25.8. The molecule has 1 aromatic heterocycles. The lowest BCUT2D eigenvalue weighted by molar-refractivity contribution is -0.112. The van der Waals surface area contributed by atoms with Gasteiger partial charge < -0.3 is 14.8 Å². The average molecular weight is 509 g/mol. The summed E-state index contributed by atoms with van der Waals surface area (Å²) in [7, 11) is 0. The van der Waals surface area contributed by atoms with E-state index in [0.717, 1.165) is 53.9 Å². The molecule has 0 unspecified atom stereocenters. The molecule has 7 heteroatoms. The number of hydrogen-bond donors (Lipinski definition) is 1. The smallest absolute Gasteiger partial charge is 0.341 e. The molecule has 1 amide bonds. The Kier molecular flexibility index (Phi) is 11.0. The predicted molar refractivity (Wildman–Crippen MR) is 144 cm³/mol. The molecule has 0 saturated carbocycles. The summed E-state index contributed by atoms with van der Waals surface area (Å²) < 4.78 is 11.1. The van der Waals surface area contributed by atoms with Gasteiger partial charge in [-0.2, -0.15) is 5.26 Å². The third-order valence-electron chi connectivity index (χ3n) is 6.20. The molecule has 0 fully saturated rings. The van der Waals surface area contributed by atoms with Gasteiger partial charge >= 0.3 is 5.97 Å². The van der Waals surface area contributed by atoms with Crippen LogP contribution in [-0.4, -0.2) is 25.1 Å². The second-order valence-corrected chi connectivity index (χ2v) is 10.0. The fourth-order valence-corrected chi connectivity index (χ4v) is 5.56. The second kappa shape index (κ2) is 14.4. The van der Waals surface area contributed by atoms with Gasteiger partial charge in [0, 0.05) is 4.88 Å².